The Labute approximate surface area is 183 Å². The highest BCUT2D eigenvalue weighted by Crippen LogP contribution is 2.32. The second-order valence-electron chi connectivity index (χ2n) is 5.93. The number of carbonyl (C=O) groups is 1. The van der Waals surface area contributed by atoms with Gasteiger partial charge in [0.25, 0.3) is 15.9 Å². The lowest BCUT2D eigenvalue weighted by Gasteiger charge is -2.11. The SMILES string of the molecule is O=C(NNS(=O)(=O)c1ccccc1)c1sccc1OCc1ncc(C(F)(F)F)cc1Cl. The molecular formula is C18H13ClF3N3O4S2. The Kier molecular flexibility index (Phi) is 6.84. The summed E-state index contributed by atoms with van der Waals surface area (Å²) >= 11 is 6.82. The normalized spacial score (nSPS) is 11.9. The first kappa shape index (κ1) is 23.0. The lowest BCUT2D eigenvalue weighted by molar-refractivity contribution is -0.137. The maximum atomic E-state index is 12.7. The highest BCUT2D eigenvalue weighted by atomic mass is 35.5. The fourth-order valence-corrected chi connectivity index (χ4v) is 4.09. The van der Waals surface area contributed by atoms with Crippen molar-refractivity contribution in [3.05, 3.63) is 75.2 Å². The number of hydrogen-bond acceptors (Lipinski definition) is 6. The average Bonchev–Trinajstić information content (AvgIpc) is 3.20. The number of aromatic nitrogens is 1. The van der Waals surface area contributed by atoms with Crippen molar-refractivity contribution in [2.75, 3.05) is 0 Å². The van der Waals surface area contributed by atoms with Gasteiger partial charge in [0, 0.05) is 6.20 Å². The summed E-state index contributed by atoms with van der Waals surface area (Å²) in [5.74, 6) is -0.699. The Balaban J connectivity index is 1.65. The molecule has 7 nitrogen and oxygen atoms in total. The predicted octanol–water partition coefficient (Wildman–Crippen LogP) is 4.02. The van der Waals surface area contributed by atoms with Crippen molar-refractivity contribution in [2.24, 2.45) is 0 Å². The van der Waals surface area contributed by atoms with Crippen LogP contribution in [0.25, 0.3) is 0 Å². The molecule has 0 aliphatic heterocycles. The smallest absolute Gasteiger partial charge is 0.417 e. The van der Waals surface area contributed by atoms with E-state index in [4.69, 9.17) is 16.3 Å². The van der Waals surface area contributed by atoms with Crippen LogP contribution in [0.3, 0.4) is 0 Å². The summed E-state index contributed by atoms with van der Waals surface area (Å²) in [4.78, 5) is 18.0. The topological polar surface area (TPSA) is 97.4 Å². The molecule has 1 aromatic carbocycles. The fraction of sp³-hybridized carbons (Fsp3) is 0.111. The second kappa shape index (κ2) is 9.22. The minimum Gasteiger partial charge on any atom is -0.486 e. The van der Waals surface area contributed by atoms with Gasteiger partial charge in [0.1, 0.15) is 17.2 Å². The van der Waals surface area contributed by atoms with E-state index >= 15 is 0 Å². The quantitative estimate of drug-likeness (QED) is 0.487. The first-order valence-corrected chi connectivity index (χ1v) is 11.1. The number of amides is 1. The molecule has 0 aliphatic carbocycles. The third kappa shape index (κ3) is 5.73. The molecule has 0 saturated heterocycles. The van der Waals surface area contributed by atoms with Gasteiger partial charge in [-0.15, -0.1) is 16.2 Å². The summed E-state index contributed by atoms with van der Waals surface area (Å²) in [5, 5.41) is 1.28. The zero-order chi connectivity index (χ0) is 22.6. The van der Waals surface area contributed by atoms with E-state index in [1.165, 1.54) is 35.7 Å². The van der Waals surface area contributed by atoms with Gasteiger partial charge in [-0.25, -0.2) is 8.42 Å². The summed E-state index contributed by atoms with van der Waals surface area (Å²) in [6, 6.07) is 9.59. The number of pyridine rings is 1. The minimum absolute atomic E-state index is 0.0389. The van der Waals surface area contributed by atoms with Crippen LogP contribution in [0.1, 0.15) is 20.9 Å². The van der Waals surface area contributed by atoms with E-state index in [1.54, 1.807) is 6.07 Å². The van der Waals surface area contributed by atoms with Crippen LogP contribution in [0.4, 0.5) is 13.2 Å². The van der Waals surface area contributed by atoms with Gasteiger partial charge in [-0.2, -0.15) is 13.2 Å². The molecule has 2 aromatic heterocycles. The number of nitrogens with zero attached hydrogens (tertiary/aromatic N) is 1. The summed E-state index contributed by atoms with van der Waals surface area (Å²) in [6.07, 6.45) is -3.95. The summed E-state index contributed by atoms with van der Waals surface area (Å²) < 4.78 is 67.9. The third-order valence-electron chi connectivity index (χ3n) is 3.80. The van der Waals surface area contributed by atoms with Gasteiger partial charge < -0.3 is 4.74 Å². The Bertz CT molecular complexity index is 1190. The van der Waals surface area contributed by atoms with Crippen LogP contribution < -0.4 is 15.0 Å². The van der Waals surface area contributed by atoms with Crippen LogP contribution in [0.5, 0.6) is 5.75 Å². The zero-order valence-electron chi connectivity index (χ0n) is 15.3. The van der Waals surface area contributed by atoms with Crippen molar-refractivity contribution in [2.45, 2.75) is 17.7 Å². The van der Waals surface area contributed by atoms with E-state index < -0.39 is 27.7 Å². The van der Waals surface area contributed by atoms with Crippen LogP contribution in [0.15, 0.2) is 58.9 Å². The van der Waals surface area contributed by atoms with E-state index in [9.17, 15) is 26.4 Å². The van der Waals surface area contributed by atoms with E-state index in [-0.39, 0.29) is 32.8 Å². The number of alkyl halides is 3. The average molecular weight is 492 g/mol. The molecule has 13 heteroatoms. The van der Waals surface area contributed by atoms with Gasteiger partial charge >= 0.3 is 6.18 Å². The van der Waals surface area contributed by atoms with Gasteiger partial charge in [-0.3, -0.25) is 15.2 Å². The molecule has 0 saturated carbocycles. The van der Waals surface area contributed by atoms with E-state index in [0.29, 0.717) is 6.20 Å². The van der Waals surface area contributed by atoms with Crippen molar-refractivity contribution in [3.8, 4) is 5.75 Å². The molecule has 3 rings (SSSR count). The van der Waals surface area contributed by atoms with Gasteiger partial charge in [-0.1, -0.05) is 29.8 Å². The Morgan fingerprint density at radius 3 is 2.55 bits per heavy atom. The van der Waals surface area contributed by atoms with E-state index in [1.807, 2.05) is 4.83 Å². The highest BCUT2D eigenvalue weighted by molar-refractivity contribution is 7.89. The molecule has 3 aromatic rings. The first-order chi connectivity index (χ1) is 14.6. The zero-order valence-corrected chi connectivity index (χ0v) is 17.7. The Morgan fingerprint density at radius 2 is 1.90 bits per heavy atom. The highest BCUT2D eigenvalue weighted by Gasteiger charge is 2.31. The van der Waals surface area contributed by atoms with Crippen LogP contribution >= 0.6 is 22.9 Å². The number of thiophene rings is 1. The number of halogens is 4. The van der Waals surface area contributed by atoms with Crippen molar-refractivity contribution in [1.82, 2.24) is 15.2 Å². The summed E-state index contributed by atoms with van der Waals surface area (Å²) in [7, 11) is -3.97. The van der Waals surface area contributed by atoms with Crippen LogP contribution in [0, 0.1) is 0 Å². The Hall–Kier alpha value is -2.67. The largest absolute Gasteiger partial charge is 0.486 e. The van der Waals surface area contributed by atoms with Gasteiger partial charge in [-0.05, 0) is 29.6 Å². The second-order valence-corrected chi connectivity index (χ2v) is 8.93. The summed E-state index contributed by atoms with van der Waals surface area (Å²) in [5.41, 5.74) is 1.13. The van der Waals surface area contributed by atoms with E-state index in [0.717, 1.165) is 17.4 Å². The molecule has 2 N–H and O–H groups in total. The molecule has 31 heavy (non-hydrogen) atoms. The molecule has 0 bridgehead atoms. The minimum atomic E-state index is -4.58. The number of benzene rings is 1. The predicted molar refractivity (Wildman–Crippen MR) is 107 cm³/mol. The lowest BCUT2D eigenvalue weighted by Crippen LogP contribution is -2.41. The molecule has 1 amide bonds. The number of carbonyl (C=O) groups excluding carboxylic acids is 1. The summed E-state index contributed by atoms with van der Waals surface area (Å²) in [6.45, 7) is -0.302. The van der Waals surface area contributed by atoms with Crippen LogP contribution in [-0.4, -0.2) is 19.3 Å². The van der Waals surface area contributed by atoms with Crippen molar-refractivity contribution in [1.29, 1.82) is 0 Å². The van der Waals surface area contributed by atoms with Crippen molar-refractivity contribution < 1.29 is 31.1 Å². The standard InChI is InChI=1S/C18H13ClF3N3O4S2/c19-13-8-11(18(20,21)22)9-23-14(13)10-29-15-6-7-30-16(15)17(26)24-25-31(27,28)12-4-2-1-3-5-12/h1-9,25H,10H2,(H,24,26). The first-order valence-electron chi connectivity index (χ1n) is 8.37. The maximum absolute atomic E-state index is 12.7. The molecule has 0 radical (unpaired) electrons. The molecule has 0 unspecified atom stereocenters. The van der Waals surface area contributed by atoms with Gasteiger partial charge in [0.2, 0.25) is 0 Å². The molecule has 0 spiro atoms. The number of ether oxygens (including phenoxy) is 1. The number of sulfonamides is 1. The van der Waals surface area contributed by atoms with Crippen LogP contribution in [0.2, 0.25) is 5.02 Å². The molecule has 0 aliphatic rings. The van der Waals surface area contributed by atoms with Crippen molar-refractivity contribution in [3.63, 3.8) is 0 Å². The van der Waals surface area contributed by atoms with E-state index in [2.05, 4.69) is 10.4 Å². The number of hydrogen-bond donors (Lipinski definition) is 2. The molecule has 0 atom stereocenters. The third-order valence-corrected chi connectivity index (χ3v) is 6.28. The molecule has 2 heterocycles. The number of rotatable bonds is 7. The van der Waals surface area contributed by atoms with Gasteiger partial charge in [0.05, 0.1) is 21.2 Å². The number of hydrazine groups is 1. The van der Waals surface area contributed by atoms with Crippen molar-refractivity contribution >= 4 is 38.9 Å². The number of nitrogens with one attached hydrogen (secondary N) is 2. The fourth-order valence-electron chi connectivity index (χ4n) is 2.28. The molecule has 0 fully saturated rings. The lowest BCUT2D eigenvalue weighted by atomic mass is 10.2. The van der Waals surface area contributed by atoms with Crippen LogP contribution in [-0.2, 0) is 22.8 Å². The maximum Gasteiger partial charge on any atom is 0.417 e. The molecule has 164 valence electrons. The monoisotopic (exact) mass is 491 g/mol. The molecular weight excluding hydrogens is 479 g/mol. The Morgan fingerprint density at radius 1 is 1.19 bits per heavy atom. The van der Waals surface area contributed by atoms with Gasteiger partial charge in [0.15, 0.2) is 0 Å².